The number of nitrogens with zero attached hydrogens (tertiary/aromatic N) is 4. The number of carbonyl (C=O) groups excluding carboxylic acids is 3. The third-order valence-electron chi connectivity index (χ3n) is 8.19. The summed E-state index contributed by atoms with van der Waals surface area (Å²) >= 11 is 0. The Labute approximate surface area is 257 Å². The van der Waals surface area contributed by atoms with Crippen LogP contribution in [0.15, 0.2) is 78.9 Å². The number of Topliss-reactive ketones (excluding diaryl/α,β-unsaturated/α-hetero) is 1. The van der Waals surface area contributed by atoms with Crippen LogP contribution in [-0.2, 0) is 32.6 Å². The van der Waals surface area contributed by atoms with Gasteiger partial charge in [-0.1, -0.05) is 66.7 Å². The maximum absolute atomic E-state index is 13.7. The van der Waals surface area contributed by atoms with Crippen LogP contribution in [0, 0.1) is 6.57 Å². The smallest absolute Gasteiger partial charge is 0.338 e. The summed E-state index contributed by atoms with van der Waals surface area (Å²) in [4.78, 5) is 47.0. The lowest BCUT2D eigenvalue weighted by Gasteiger charge is -2.36. The molecule has 0 unspecified atom stereocenters. The maximum Gasteiger partial charge on any atom is 0.338 e. The highest BCUT2D eigenvalue weighted by Gasteiger charge is 2.42. The Bertz CT molecular complexity index is 1650. The number of ketones is 1. The van der Waals surface area contributed by atoms with Crippen molar-refractivity contribution in [2.24, 2.45) is 0 Å². The molecule has 10 nitrogen and oxygen atoms in total. The number of piperazine rings is 1. The lowest BCUT2D eigenvalue weighted by atomic mass is 9.99. The molecule has 2 saturated heterocycles. The highest BCUT2D eigenvalue weighted by atomic mass is 32.2. The van der Waals surface area contributed by atoms with Gasteiger partial charge in [0.1, 0.15) is 6.61 Å². The first kappa shape index (κ1) is 31.1. The standard InChI is InChI=1S/C33H34N4O6S/c1-34-28-14-12-26(13-15-28)32(39)37-22-29(35-16-18-36(19-17-35)44(2,41)42)21-30(37)31(38)20-24-8-10-27(11-9-24)33(40)43-23-25-6-4-3-5-7-25/h3-15,29-30H,16-23H2,2H3/t29-,30-/m0/s1. The van der Waals surface area contributed by atoms with Gasteiger partial charge in [-0.3, -0.25) is 14.5 Å². The molecule has 2 aliphatic rings. The average molecular weight is 615 g/mol. The zero-order valence-electron chi connectivity index (χ0n) is 24.5. The van der Waals surface area contributed by atoms with Crippen molar-refractivity contribution >= 4 is 33.4 Å². The number of esters is 1. The number of hydrogen-bond acceptors (Lipinski definition) is 7. The number of benzene rings is 3. The van der Waals surface area contributed by atoms with E-state index in [1.165, 1.54) is 10.6 Å². The fourth-order valence-corrected chi connectivity index (χ4v) is 6.56. The predicted octanol–water partition coefficient (Wildman–Crippen LogP) is 3.57. The van der Waals surface area contributed by atoms with Gasteiger partial charge in [-0.25, -0.2) is 18.1 Å². The van der Waals surface area contributed by atoms with Gasteiger partial charge in [-0.05, 0) is 29.7 Å². The third-order valence-corrected chi connectivity index (χ3v) is 9.50. The van der Waals surface area contributed by atoms with Crippen molar-refractivity contribution < 1.29 is 27.5 Å². The second-order valence-electron chi connectivity index (χ2n) is 11.1. The Morgan fingerprint density at radius 3 is 2.11 bits per heavy atom. The average Bonchev–Trinajstić information content (AvgIpc) is 3.50. The van der Waals surface area contributed by atoms with Gasteiger partial charge in [0, 0.05) is 50.7 Å². The lowest BCUT2D eigenvalue weighted by molar-refractivity contribution is -0.122. The Hall–Kier alpha value is -4.37. The monoisotopic (exact) mass is 614 g/mol. The molecular formula is C33H34N4O6S. The summed E-state index contributed by atoms with van der Waals surface area (Å²) < 4.78 is 30.8. The topological polar surface area (TPSA) is 109 Å². The molecule has 2 aliphatic heterocycles. The molecule has 0 aromatic heterocycles. The quantitative estimate of drug-likeness (QED) is 0.268. The van der Waals surface area contributed by atoms with E-state index in [1.807, 2.05) is 30.3 Å². The molecule has 1 amide bonds. The number of sulfonamides is 1. The molecule has 0 spiro atoms. The van der Waals surface area contributed by atoms with E-state index in [-0.39, 0.29) is 30.8 Å². The van der Waals surface area contributed by atoms with Crippen LogP contribution in [0.1, 0.15) is 38.3 Å². The molecule has 228 valence electrons. The van der Waals surface area contributed by atoms with Crippen molar-refractivity contribution in [1.29, 1.82) is 0 Å². The van der Waals surface area contributed by atoms with E-state index in [0.717, 1.165) is 5.56 Å². The van der Waals surface area contributed by atoms with Crippen molar-refractivity contribution in [2.75, 3.05) is 39.0 Å². The normalized spacial score (nSPS) is 19.3. The van der Waals surface area contributed by atoms with Crippen LogP contribution >= 0.6 is 0 Å². The van der Waals surface area contributed by atoms with Crippen molar-refractivity contribution in [3.63, 3.8) is 0 Å². The zero-order valence-corrected chi connectivity index (χ0v) is 25.3. The molecular weight excluding hydrogens is 580 g/mol. The fourth-order valence-electron chi connectivity index (χ4n) is 5.74. The van der Waals surface area contributed by atoms with Gasteiger partial charge in [-0.2, -0.15) is 4.31 Å². The summed E-state index contributed by atoms with van der Waals surface area (Å²) in [7, 11) is -3.28. The molecule has 0 radical (unpaired) electrons. The Morgan fingerprint density at radius 1 is 0.864 bits per heavy atom. The van der Waals surface area contributed by atoms with Crippen LogP contribution in [-0.4, -0.2) is 91.2 Å². The minimum atomic E-state index is -3.28. The highest BCUT2D eigenvalue weighted by molar-refractivity contribution is 7.88. The molecule has 2 heterocycles. The number of ether oxygens (including phenoxy) is 1. The molecule has 2 fully saturated rings. The number of hydrogen-bond donors (Lipinski definition) is 0. The first-order valence-corrected chi connectivity index (χ1v) is 16.3. The number of rotatable bonds is 9. The maximum atomic E-state index is 13.7. The summed E-state index contributed by atoms with van der Waals surface area (Å²) in [6.45, 7) is 9.44. The van der Waals surface area contributed by atoms with Gasteiger partial charge >= 0.3 is 5.97 Å². The van der Waals surface area contributed by atoms with E-state index in [1.54, 1.807) is 53.4 Å². The lowest BCUT2D eigenvalue weighted by Crippen LogP contribution is -2.52. The van der Waals surface area contributed by atoms with Crippen LogP contribution in [0.4, 0.5) is 5.69 Å². The van der Waals surface area contributed by atoms with Crippen molar-refractivity contribution in [2.45, 2.75) is 31.5 Å². The van der Waals surface area contributed by atoms with Crippen molar-refractivity contribution in [3.8, 4) is 0 Å². The van der Waals surface area contributed by atoms with Crippen molar-refractivity contribution in [3.05, 3.63) is 113 Å². The number of carbonyl (C=O) groups is 3. The first-order valence-electron chi connectivity index (χ1n) is 14.4. The summed E-state index contributed by atoms with van der Waals surface area (Å²) in [6.07, 6.45) is 1.72. The van der Waals surface area contributed by atoms with Gasteiger partial charge in [0.15, 0.2) is 11.5 Å². The molecule has 3 aromatic carbocycles. The van der Waals surface area contributed by atoms with E-state index in [2.05, 4.69) is 9.74 Å². The molecule has 3 aromatic rings. The second kappa shape index (κ2) is 13.5. The van der Waals surface area contributed by atoms with Crippen LogP contribution in [0.5, 0.6) is 0 Å². The molecule has 5 rings (SSSR count). The minimum absolute atomic E-state index is 0.0824. The van der Waals surface area contributed by atoms with Gasteiger partial charge < -0.3 is 9.64 Å². The van der Waals surface area contributed by atoms with Crippen LogP contribution in [0.2, 0.25) is 0 Å². The van der Waals surface area contributed by atoms with Gasteiger partial charge in [0.05, 0.1) is 24.4 Å². The molecule has 44 heavy (non-hydrogen) atoms. The molecule has 2 atom stereocenters. The molecule has 0 aliphatic carbocycles. The molecule has 0 saturated carbocycles. The van der Waals surface area contributed by atoms with E-state index < -0.39 is 22.0 Å². The third kappa shape index (κ3) is 7.39. The Balaban J connectivity index is 1.27. The molecule has 11 heteroatoms. The largest absolute Gasteiger partial charge is 0.457 e. The van der Waals surface area contributed by atoms with E-state index >= 15 is 0 Å². The summed E-state index contributed by atoms with van der Waals surface area (Å²) in [6, 6.07) is 21.7. The fraction of sp³-hybridized carbons (Fsp3) is 0.333. The van der Waals surface area contributed by atoms with E-state index in [4.69, 9.17) is 11.3 Å². The first-order chi connectivity index (χ1) is 21.1. The Morgan fingerprint density at radius 2 is 1.50 bits per heavy atom. The minimum Gasteiger partial charge on any atom is -0.457 e. The van der Waals surface area contributed by atoms with Crippen molar-refractivity contribution in [1.82, 2.24) is 14.1 Å². The van der Waals surface area contributed by atoms with E-state index in [9.17, 15) is 22.8 Å². The van der Waals surface area contributed by atoms with Gasteiger partial charge in [0.2, 0.25) is 10.0 Å². The summed E-state index contributed by atoms with van der Waals surface area (Å²) in [5, 5.41) is 0. The Kier molecular flexibility index (Phi) is 9.54. The SMILES string of the molecule is [C-]#[N+]c1ccc(C(=O)N2C[C@@H](N3CCN(S(C)(=O)=O)CC3)C[C@H]2C(=O)Cc2ccc(C(=O)OCc3ccccc3)cc2)cc1. The van der Waals surface area contributed by atoms with Gasteiger partial charge in [-0.15, -0.1) is 0 Å². The molecule has 0 N–H and O–H groups in total. The van der Waals surface area contributed by atoms with E-state index in [0.29, 0.717) is 61.5 Å². The zero-order chi connectivity index (χ0) is 31.3. The predicted molar refractivity (Wildman–Crippen MR) is 165 cm³/mol. The number of amides is 1. The van der Waals surface area contributed by atoms with Gasteiger partial charge in [0.25, 0.3) is 5.91 Å². The van der Waals surface area contributed by atoms with Crippen LogP contribution in [0.3, 0.4) is 0 Å². The van der Waals surface area contributed by atoms with Crippen LogP contribution < -0.4 is 0 Å². The summed E-state index contributed by atoms with van der Waals surface area (Å²) in [5.74, 6) is -0.858. The van der Waals surface area contributed by atoms with Crippen LogP contribution in [0.25, 0.3) is 4.85 Å². The number of likely N-dealkylation sites (tertiary alicyclic amines) is 1. The molecule has 0 bridgehead atoms. The second-order valence-corrected chi connectivity index (χ2v) is 13.1. The highest BCUT2D eigenvalue weighted by Crippen LogP contribution is 2.28. The summed E-state index contributed by atoms with van der Waals surface area (Å²) in [5.41, 5.74) is 2.80.